The number of nitrogens with one attached hydrogen (secondary N) is 1. The average Bonchev–Trinajstić information content (AvgIpc) is 2.56. The smallest absolute Gasteiger partial charge is 0.298 e. The first-order chi connectivity index (χ1) is 6.45. The Morgan fingerprint density at radius 2 is 2.14 bits per heavy atom. The second-order valence-corrected chi connectivity index (χ2v) is 3.06. The maximum absolute atomic E-state index is 5.19. The predicted octanol–water partition coefficient (Wildman–Crippen LogP) is -1.58. The molecule has 2 heterocycles. The van der Waals surface area contributed by atoms with Gasteiger partial charge in [-0.1, -0.05) is 12.1 Å². The summed E-state index contributed by atoms with van der Waals surface area (Å²) in [7, 11) is 0. The number of hydrogen-bond donors (Lipinski definition) is 1. The molecule has 1 aliphatic rings. The third kappa shape index (κ3) is 1.30. The van der Waals surface area contributed by atoms with Gasteiger partial charge in [-0.25, -0.2) is 4.98 Å². The SMILES string of the molecule is C1=C[n+]2c([nH]c3ccccc32)CO1.[I-]. The molecule has 0 unspecified atom stereocenters. The number of rotatable bonds is 0. The number of fused-ring (bicyclic) bond motifs is 3. The van der Waals surface area contributed by atoms with Gasteiger partial charge in [0.25, 0.3) is 5.82 Å². The van der Waals surface area contributed by atoms with Crippen molar-refractivity contribution >= 4 is 17.2 Å². The van der Waals surface area contributed by atoms with E-state index in [4.69, 9.17) is 4.74 Å². The molecule has 2 aromatic rings. The number of aromatic nitrogens is 2. The molecule has 0 bridgehead atoms. The van der Waals surface area contributed by atoms with Crippen molar-refractivity contribution in [1.29, 1.82) is 0 Å². The van der Waals surface area contributed by atoms with Crippen LogP contribution in [0.4, 0.5) is 0 Å². The maximum Gasteiger partial charge on any atom is 0.298 e. The number of para-hydroxylation sites is 2. The van der Waals surface area contributed by atoms with Crippen molar-refractivity contribution < 1.29 is 33.3 Å². The Hall–Kier alpha value is -1.04. The summed E-state index contributed by atoms with van der Waals surface area (Å²) in [5, 5.41) is 0. The van der Waals surface area contributed by atoms with Crippen LogP contribution in [0.1, 0.15) is 5.82 Å². The summed E-state index contributed by atoms with van der Waals surface area (Å²) in [6.07, 6.45) is 3.64. The standard InChI is InChI=1S/C10H8N2O.HI/c1-2-4-9-8(3-1)11-10-7-13-6-5-12(9)10;/h1-6H,7H2;1H. The lowest BCUT2D eigenvalue weighted by molar-refractivity contribution is -0.556. The zero-order valence-electron chi connectivity index (χ0n) is 7.40. The molecule has 1 aromatic carbocycles. The molecule has 4 heteroatoms. The van der Waals surface area contributed by atoms with Gasteiger partial charge in [0.05, 0.1) is 0 Å². The first-order valence-electron chi connectivity index (χ1n) is 4.24. The second kappa shape index (κ2) is 3.61. The van der Waals surface area contributed by atoms with E-state index in [2.05, 4.69) is 21.7 Å². The fraction of sp³-hybridized carbons (Fsp3) is 0.100. The number of benzene rings is 1. The summed E-state index contributed by atoms with van der Waals surface area (Å²) in [5.74, 6) is 1.09. The molecule has 14 heavy (non-hydrogen) atoms. The highest BCUT2D eigenvalue weighted by molar-refractivity contribution is 5.71. The van der Waals surface area contributed by atoms with Gasteiger partial charge < -0.3 is 28.7 Å². The lowest BCUT2D eigenvalue weighted by Gasteiger charge is -2.01. The van der Waals surface area contributed by atoms with Gasteiger partial charge in [0.15, 0.2) is 17.6 Å². The van der Waals surface area contributed by atoms with Crippen LogP contribution in [-0.2, 0) is 11.3 Å². The molecule has 0 atom stereocenters. The van der Waals surface area contributed by atoms with E-state index in [1.165, 1.54) is 5.52 Å². The van der Waals surface area contributed by atoms with Crippen LogP contribution >= 0.6 is 0 Å². The monoisotopic (exact) mass is 300 g/mol. The Morgan fingerprint density at radius 3 is 3.07 bits per heavy atom. The van der Waals surface area contributed by atoms with Crippen LogP contribution in [0.5, 0.6) is 0 Å². The molecule has 3 nitrogen and oxygen atoms in total. The molecule has 1 N–H and O–H groups in total. The fourth-order valence-electron chi connectivity index (χ4n) is 1.66. The first kappa shape index (κ1) is 9.51. The molecule has 1 aromatic heterocycles. The first-order valence-corrected chi connectivity index (χ1v) is 4.24. The summed E-state index contributed by atoms with van der Waals surface area (Å²) in [6.45, 7) is 0.616. The molecule has 1 aliphatic heterocycles. The largest absolute Gasteiger partial charge is 1.00 e. The topological polar surface area (TPSA) is 28.9 Å². The number of hydrogen-bond acceptors (Lipinski definition) is 1. The summed E-state index contributed by atoms with van der Waals surface area (Å²) in [5.41, 5.74) is 2.34. The van der Waals surface area contributed by atoms with E-state index in [9.17, 15) is 0 Å². The Balaban J connectivity index is 0.000000750. The molecule has 0 radical (unpaired) electrons. The molecule has 0 aliphatic carbocycles. The van der Waals surface area contributed by atoms with Gasteiger partial charge in [0, 0.05) is 0 Å². The van der Waals surface area contributed by atoms with Crippen molar-refractivity contribution in [2.24, 2.45) is 0 Å². The van der Waals surface area contributed by atoms with Crippen molar-refractivity contribution in [1.82, 2.24) is 4.98 Å². The van der Waals surface area contributed by atoms with Crippen molar-refractivity contribution in [3.63, 3.8) is 0 Å². The highest BCUT2D eigenvalue weighted by atomic mass is 127. The third-order valence-corrected chi connectivity index (χ3v) is 2.26. The van der Waals surface area contributed by atoms with Crippen LogP contribution in [0.2, 0.25) is 0 Å². The summed E-state index contributed by atoms with van der Waals surface area (Å²) in [6, 6.07) is 8.21. The zero-order valence-corrected chi connectivity index (χ0v) is 9.56. The summed E-state index contributed by atoms with van der Waals surface area (Å²) in [4.78, 5) is 3.30. The van der Waals surface area contributed by atoms with E-state index >= 15 is 0 Å². The van der Waals surface area contributed by atoms with Crippen molar-refractivity contribution in [2.45, 2.75) is 6.61 Å². The highest BCUT2D eigenvalue weighted by Crippen LogP contribution is 2.11. The summed E-state index contributed by atoms with van der Waals surface area (Å²) >= 11 is 0. The van der Waals surface area contributed by atoms with Crippen LogP contribution in [0.3, 0.4) is 0 Å². The minimum Gasteiger partial charge on any atom is -1.00 e. The van der Waals surface area contributed by atoms with E-state index in [1.54, 1.807) is 6.26 Å². The number of H-pyrrole nitrogens is 1. The van der Waals surface area contributed by atoms with E-state index in [1.807, 2.05) is 18.3 Å². The van der Waals surface area contributed by atoms with E-state index in [0.29, 0.717) is 6.61 Å². The second-order valence-electron chi connectivity index (χ2n) is 3.06. The number of aromatic amines is 1. The molecular formula is C10H9IN2O. The highest BCUT2D eigenvalue weighted by Gasteiger charge is 2.18. The number of halogens is 1. The van der Waals surface area contributed by atoms with E-state index in [-0.39, 0.29) is 24.0 Å². The van der Waals surface area contributed by atoms with Crippen LogP contribution in [-0.4, -0.2) is 4.98 Å². The quantitative estimate of drug-likeness (QED) is 0.462. The Morgan fingerprint density at radius 1 is 1.29 bits per heavy atom. The Bertz CT molecular complexity index is 490. The van der Waals surface area contributed by atoms with Crippen LogP contribution in [0.15, 0.2) is 30.5 Å². The minimum atomic E-state index is 0. The zero-order chi connectivity index (χ0) is 8.67. The van der Waals surface area contributed by atoms with Gasteiger partial charge in [-0.2, -0.15) is 4.57 Å². The van der Waals surface area contributed by atoms with Crippen molar-refractivity contribution in [3.05, 3.63) is 36.4 Å². The van der Waals surface area contributed by atoms with Gasteiger partial charge in [-0.3, -0.25) is 0 Å². The van der Waals surface area contributed by atoms with Crippen LogP contribution < -0.4 is 28.5 Å². The average molecular weight is 300 g/mol. The van der Waals surface area contributed by atoms with Crippen molar-refractivity contribution in [2.75, 3.05) is 0 Å². The van der Waals surface area contributed by atoms with E-state index in [0.717, 1.165) is 11.3 Å². The minimum absolute atomic E-state index is 0. The van der Waals surface area contributed by atoms with Gasteiger partial charge >= 0.3 is 0 Å². The molecule has 0 spiro atoms. The third-order valence-electron chi connectivity index (χ3n) is 2.26. The van der Waals surface area contributed by atoms with Gasteiger partial charge in [-0.05, 0) is 12.1 Å². The van der Waals surface area contributed by atoms with Crippen LogP contribution in [0, 0.1) is 0 Å². The summed E-state index contributed by atoms with van der Waals surface area (Å²) < 4.78 is 7.30. The predicted molar refractivity (Wildman–Crippen MR) is 48.6 cm³/mol. The number of nitrogens with zero attached hydrogens (tertiary/aromatic N) is 1. The molecule has 0 saturated heterocycles. The molecule has 0 fully saturated rings. The number of imidazole rings is 1. The lowest BCUT2D eigenvalue weighted by Crippen LogP contribution is -3.00. The van der Waals surface area contributed by atoms with Gasteiger partial charge in [0.1, 0.15) is 12.5 Å². The molecule has 3 rings (SSSR count). The fourth-order valence-corrected chi connectivity index (χ4v) is 1.66. The number of ether oxygens (including phenoxy) is 1. The molecule has 0 amide bonds. The molecular weight excluding hydrogens is 291 g/mol. The van der Waals surface area contributed by atoms with Gasteiger partial charge in [-0.15, -0.1) is 0 Å². The Kier molecular flexibility index (Phi) is 2.45. The van der Waals surface area contributed by atoms with Crippen molar-refractivity contribution in [3.8, 4) is 0 Å². The Labute approximate surface area is 98.4 Å². The molecule has 0 saturated carbocycles. The van der Waals surface area contributed by atoms with E-state index < -0.39 is 0 Å². The normalized spacial score (nSPS) is 13.1. The molecule has 72 valence electrons. The van der Waals surface area contributed by atoms with Crippen LogP contribution in [0.25, 0.3) is 17.2 Å². The van der Waals surface area contributed by atoms with Gasteiger partial charge in [0.2, 0.25) is 0 Å². The maximum atomic E-state index is 5.19. The lowest BCUT2D eigenvalue weighted by atomic mass is 10.3.